The van der Waals surface area contributed by atoms with Crippen LogP contribution in [0.15, 0.2) is 16.7 Å². The molecule has 0 amide bonds. The molecule has 0 N–H and O–H groups in total. The summed E-state index contributed by atoms with van der Waals surface area (Å²) in [5.74, 6) is 0.903. The summed E-state index contributed by atoms with van der Waals surface area (Å²) in [5, 5.41) is -0.398. The van der Waals surface area contributed by atoms with Gasteiger partial charge in [-0.3, -0.25) is 4.79 Å². The average Bonchev–Trinajstić information content (AvgIpc) is 2.73. The fourth-order valence-electron chi connectivity index (χ4n) is 1.59. The predicted molar refractivity (Wildman–Crippen MR) is 65.4 cm³/mol. The number of furan rings is 1. The minimum Gasteiger partial charge on any atom is -0.469 e. The second-order valence-electron chi connectivity index (χ2n) is 3.66. The molecular formula is C12H17BrO3. The van der Waals surface area contributed by atoms with E-state index >= 15 is 0 Å². The lowest BCUT2D eigenvalue weighted by atomic mass is 10.1. The molecule has 1 unspecified atom stereocenters. The van der Waals surface area contributed by atoms with Crippen molar-refractivity contribution in [2.45, 2.75) is 44.0 Å². The number of rotatable bonds is 8. The van der Waals surface area contributed by atoms with Gasteiger partial charge in [-0.05, 0) is 28.4 Å². The van der Waals surface area contributed by atoms with E-state index in [0.29, 0.717) is 6.47 Å². The van der Waals surface area contributed by atoms with Crippen molar-refractivity contribution in [1.29, 1.82) is 0 Å². The summed E-state index contributed by atoms with van der Waals surface area (Å²) in [6, 6.07) is 1.83. The molecule has 3 nitrogen and oxygen atoms in total. The van der Waals surface area contributed by atoms with Crippen LogP contribution in [0.4, 0.5) is 0 Å². The number of unbranched alkanes of at least 4 members (excludes halogenated alkanes) is 3. The van der Waals surface area contributed by atoms with Gasteiger partial charge >= 0.3 is 0 Å². The number of carbonyl (C=O) groups excluding carboxylic acids is 1. The van der Waals surface area contributed by atoms with E-state index in [1.807, 2.05) is 6.07 Å². The monoisotopic (exact) mass is 288 g/mol. The summed E-state index contributed by atoms with van der Waals surface area (Å²) < 4.78 is 10.2. The van der Waals surface area contributed by atoms with Crippen molar-refractivity contribution in [3.8, 4) is 0 Å². The van der Waals surface area contributed by atoms with E-state index in [0.717, 1.165) is 24.2 Å². The van der Waals surface area contributed by atoms with Crippen LogP contribution in [-0.4, -0.2) is 6.47 Å². The van der Waals surface area contributed by atoms with Gasteiger partial charge in [0.2, 0.25) is 0 Å². The molecule has 1 heterocycles. The summed E-state index contributed by atoms with van der Waals surface area (Å²) in [6.07, 6.45) is 7.31. The molecule has 0 bridgehead atoms. The molecule has 90 valence electrons. The highest BCUT2D eigenvalue weighted by atomic mass is 79.9. The normalized spacial score (nSPS) is 12.4. The first-order valence-electron chi connectivity index (χ1n) is 5.59. The van der Waals surface area contributed by atoms with Crippen LogP contribution < -0.4 is 0 Å². The molecular weight excluding hydrogens is 272 g/mol. The summed E-state index contributed by atoms with van der Waals surface area (Å²) in [6.45, 7) is 2.62. The lowest BCUT2D eigenvalue weighted by Gasteiger charge is -2.07. The minimum absolute atomic E-state index is 0.398. The fraction of sp³-hybridized carbons (Fsp3) is 0.583. The quantitative estimate of drug-likeness (QED) is 0.413. The molecule has 0 aromatic carbocycles. The van der Waals surface area contributed by atoms with Gasteiger partial charge in [-0.15, -0.1) is 0 Å². The third kappa shape index (κ3) is 4.00. The molecule has 16 heavy (non-hydrogen) atoms. The van der Waals surface area contributed by atoms with E-state index < -0.39 is 5.01 Å². The first-order valence-corrected chi connectivity index (χ1v) is 6.50. The van der Waals surface area contributed by atoms with E-state index in [4.69, 9.17) is 9.15 Å². The maximum atomic E-state index is 10.2. The molecule has 1 rings (SSSR count). The third-order valence-corrected chi connectivity index (χ3v) is 3.17. The zero-order valence-corrected chi connectivity index (χ0v) is 11.0. The number of alkyl halides is 1. The molecule has 1 atom stereocenters. The Morgan fingerprint density at radius 3 is 3.00 bits per heavy atom. The topological polar surface area (TPSA) is 39.4 Å². The maximum absolute atomic E-state index is 10.2. The maximum Gasteiger partial charge on any atom is 0.294 e. The van der Waals surface area contributed by atoms with Crippen molar-refractivity contribution in [3.63, 3.8) is 0 Å². The van der Waals surface area contributed by atoms with Crippen molar-refractivity contribution < 1.29 is 13.9 Å². The highest BCUT2D eigenvalue weighted by molar-refractivity contribution is 9.09. The van der Waals surface area contributed by atoms with Crippen LogP contribution >= 0.6 is 15.9 Å². The van der Waals surface area contributed by atoms with E-state index in [1.165, 1.54) is 19.3 Å². The van der Waals surface area contributed by atoms with Gasteiger partial charge in [-0.25, -0.2) is 0 Å². The zero-order valence-electron chi connectivity index (χ0n) is 9.45. The first-order chi connectivity index (χ1) is 7.79. The van der Waals surface area contributed by atoms with Crippen molar-refractivity contribution in [3.05, 3.63) is 23.7 Å². The van der Waals surface area contributed by atoms with E-state index in [2.05, 4.69) is 22.9 Å². The van der Waals surface area contributed by atoms with Crippen molar-refractivity contribution in [2.75, 3.05) is 0 Å². The summed E-state index contributed by atoms with van der Waals surface area (Å²) in [4.78, 5) is 10.2. The standard InChI is InChI=1S/C12H17BrO3/c1-2-3-4-5-6-11-10(7-8-15-11)12(13)16-9-14/h7-9,12H,2-6H2,1H3. The molecule has 1 aromatic rings. The van der Waals surface area contributed by atoms with Gasteiger partial charge in [-0.1, -0.05) is 26.2 Å². The molecule has 0 aliphatic carbocycles. The summed E-state index contributed by atoms with van der Waals surface area (Å²) in [7, 11) is 0. The lowest BCUT2D eigenvalue weighted by molar-refractivity contribution is -0.129. The minimum atomic E-state index is -0.398. The van der Waals surface area contributed by atoms with Gasteiger partial charge in [-0.2, -0.15) is 0 Å². The number of ether oxygens (including phenoxy) is 1. The van der Waals surface area contributed by atoms with Gasteiger partial charge in [0.1, 0.15) is 5.76 Å². The summed E-state index contributed by atoms with van der Waals surface area (Å²) in [5.41, 5.74) is 0.906. The SMILES string of the molecule is CCCCCCc1occc1C(Br)OC=O. The molecule has 1 aromatic heterocycles. The Labute approximate surface area is 104 Å². The number of aryl methyl sites for hydroxylation is 1. The van der Waals surface area contributed by atoms with Crippen LogP contribution in [0.25, 0.3) is 0 Å². The van der Waals surface area contributed by atoms with Gasteiger partial charge < -0.3 is 9.15 Å². The van der Waals surface area contributed by atoms with Crippen molar-refractivity contribution in [1.82, 2.24) is 0 Å². The van der Waals surface area contributed by atoms with Gasteiger partial charge in [0.15, 0.2) is 5.01 Å². The molecule has 0 spiro atoms. The Hall–Kier alpha value is -0.770. The molecule has 0 radical (unpaired) electrons. The van der Waals surface area contributed by atoms with Gasteiger partial charge in [0.25, 0.3) is 6.47 Å². The third-order valence-electron chi connectivity index (χ3n) is 2.46. The Morgan fingerprint density at radius 2 is 2.31 bits per heavy atom. The highest BCUT2D eigenvalue weighted by Gasteiger charge is 2.15. The van der Waals surface area contributed by atoms with Gasteiger partial charge in [0, 0.05) is 12.0 Å². The number of hydrogen-bond acceptors (Lipinski definition) is 3. The first kappa shape index (κ1) is 13.3. The molecule has 4 heteroatoms. The van der Waals surface area contributed by atoms with Crippen LogP contribution in [0.3, 0.4) is 0 Å². The molecule has 0 saturated heterocycles. The Morgan fingerprint density at radius 1 is 1.50 bits per heavy atom. The molecule has 0 aliphatic rings. The Balaban J connectivity index is 2.46. The lowest BCUT2D eigenvalue weighted by Crippen LogP contribution is -1.97. The van der Waals surface area contributed by atoms with Gasteiger partial charge in [0.05, 0.1) is 6.26 Å². The highest BCUT2D eigenvalue weighted by Crippen LogP contribution is 2.28. The number of hydrogen-bond donors (Lipinski definition) is 0. The molecule has 0 aliphatic heterocycles. The Kier molecular flexibility index (Phi) is 6.23. The Bertz CT molecular complexity index is 309. The van der Waals surface area contributed by atoms with Crippen LogP contribution in [0.2, 0.25) is 0 Å². The van der Waals surface area contributed by atoms with Crippen molar-refractivity contribution >= 4 is 22.4 Å². The van der Waals surface area contributed by atoms with Crippen molar-refractivity contribution in [2.24, 2.45) is 0 Å². The fourth-order valence-corrected chi connectivity index (χ4v) is 2.09. The summed E-state index contributed by atoms with van der Waals surface area (Å²) >= 11 is 3.29. The van der Waals surface area contributed by atoms with E-state index in [-0.39, 0.29) is 0 Å². The predicted octanol–water partition coefficient (Wildman–Crippen LogP) is 3.97. The number of halogens is 1. The zero-order chi connectivity index (χ0) is 11.8. The smallest absolute Gasteiger partial charge is 0.294 e. The second-order valence-corrected chi connectivity index (χ2v) is 4.49. The van der Waals surface area contributed by atoms with Crippen LogP contribution in [-0.2, 0) is 16.0 Å². The number of carbonyl (C=O) groups is 1. The molecule has 0 fully saturated rings. The van der Waals surface area contributed by atoms with Crippen LogP contribution in [0.1, 0.15) is 48.9 Å². The molecule has 0 saturated carbocycles. The largest absolute Gasteiger partial charge is 0.469 e. The average molecular weight is 289 g/mol. The van der Waals surface area contributed by atoms with Crippen LogP contribution in [0, 0.1) is 0 Å². The van der Waals surface area contributed by atoms with Crippen LogP contribution in [0.5, 0.6) is 0 Å². The van der Waals surface area contributed by atoms with E-state index in [9.17, 15) is 4.79 Å². The van der Waals surface area contributed by atoms with E-state index in [1.54, 1.807) is 6.26 Å². The second kappa shape index (κ2) is 7.49.